The number of ether oxygens (including phenoxy) is 2. The molecule has 2 aliphatic rings. The molecule has 0 aliphatic carbocycles. The minimum atomic E-state index is -0.335. The van der Waals surface area contributed by atoms with Gasteiger partial charge in [-0.1, -0.05) is 4.32 Å². The zero-order chi connectivity index (χ0) is 14.8. The standard InChI is InChI=1S/C8H14N2O2S2.C4H9NO/c1-6(9-8(13)14)7(11)10-2-4-12-5-3-10;1-3-6-4-2-5-1/h6H,2-5H2,1H3,(H2,9,13,14);5H,1-4H2. The van der Waals surface area contributed by atoms with Crippen LogP contribution in [0.25, 0.3) is 0 Å². The van der Waals surface area contributed by atoms with Crippen molar-refractivity contribution in [2.75, 3.05) is 52.6 Å². The van der Waals surface area contributed by atoms with Crippen molar-refractivity contribution in [3.8, 4) is 0 Å². The predicted octanol–water partition coefficient (Wildman–Crippen LogP) is -1.76. The highest BCUT2D eigenvalue weighted by atomic mass is 32.1. The van der Waals surface area contributed by atoms with Gasteiger partial charge in [-0.25, -0.2) is 0 Å². The molecule has 1 amide bonds. The number of carbonyl (C=O) groups is 1. The summed E-state index contributed by atoms with van der Waals surface area (Å²) in [5.74, 6) is 0.0282. The normalized spacial score (nSPS) is 20.4. The minimum absolute atomic E-state index is 0.0282. The molecule has 0 aromatic rings. The van der Waals surface area contributed by atoms with E-state index in [2.05, 4.69) is 10.6 Å². The van der Waals surface area contributed by atoms with Crippen LogP contribution in [0.5, 0.6) is 0 Å². The molecular weight excluding hydrogens is 298 g/mol. The summed E-state index contributed by atoms with van der Waals surface area (Å²) >= 11 is 9.40. The van der Waals surface area contributed by atoms with Crippen LogP contribution in [0.4, 0.5) is 0 Å². The van der Waals surface area contributed by atoms with Crippen LogP contribution >= 0.6 is 12.2 Å². The number of nitrogens with two attached hydrogens (primary N) is 1. The molecule has 0 bridgehead atoms. The molecule has 3 N–H and O–H groups in total. The summed E-state index contributed by atoms with van der Waals surface area (Å²) in [4.78, 5) is 13.5. The summed E-state index contributed by atoms with van der Waals surface area (Å²) in [7, 11) is 0. The van der Waals surface area contributed by atoms with E-state index in [4.69, 9.17) is 34.3 Å². The first kappa shape index (κ1) is 17.5. The number of thiocarbonyl (C=S) groups is 1. The third kappa shape index (κ3) is 7.30. The van der Waals surface area contributed by atoms with Crippen molar-refractivity contribution < 1.29 is 19.6 Å². The smallest absolute Gasteiger partial charge is 0.244 e. The summed E-state index contributed by atoms with van der Waals surface area (Å²) < 4.78 is 10.4. The number of rotatable bonds is 2. The Morgan fingerprint density at radius 2 is 1.80 bits per heavy atom. The summed E-state index contributed by atoms with van der Waals surface area (Å²) in [6.45, 7) is 8.47. The first-order valence-electron chi connectivity index (χ1n) is 6.84. The van der Waals surface area contributed by atoms with Gasteiger partial charge in [0.05, 0.1) is 39.5 Å². The van der Waals surface area contributed by atoms with Gasteiger partial charge in [0.25, 0.3) is 0 Å². The highest BCUT2D eigenvalue weighted by Gasteiger charge is 2.21. The Morgan fingerprint density at radius 1 is 1.25 bits per heavy atom. The summed E-state index contributed by atoms with van der Waals surface area (Å²) in [6, 6.07) is -0.335. The quantitative estimate of drug-likeness (QED) is 0.464. The average Bonchev–Trinajstić information content (AvgIpc) is 2.49. The van der Waals surface area contributed by atoms with E-state index in [9.17, 15) is 4.79 Å². The Balaban J connectivity index is 0.000000276. The Morgan fingerprint density at radius 3 is 2.20 bits per heavy atom. The average molecular weight is 321 g/mol. The molecule has 0 spiro atoms. The molecular formula is C12H23N3O3S2. The maximum absolute atomic E-state index is 11.7. The van der Waals surface area contributed by atoms with E-state index < -0.39 is 0 Å². The van der Waals surface area contributed by atoms with Crippen LogP contribution in [-0.2, 0) is 26.9 Å². The zero-order valence-electron chi connectivity index (χ0n) is 11.8. The van der Waals surface area contributed by atoms with Crippen LogP contribution < -0.4 is 10.6 Å². The van der Waals surface area contributed by atoms with Crippen molar-refractivity contribution in [1.29, 1.82) is 0 Å². The lowest BCUT2D eigenvalue weighted by Crippen LogP contribution is -2.87. The fraction of sp³-hybridized carbons (Fsp3) is 0.833. The lowest BCUT2D eigenvalue weighted by Gasteiger charge is -2.30. The number of hydrogen-bond acceptors (Lipinski definition) is 5. The molecule has 2 fully saturated rings. The number of hydrogen-bond donors (Lipinski definition) is 2. The maximum atomic E-state index is 11.7. The van der Waals surface area contributed by atoms with Crippen molar-refractivity contribution >= 4 is 35.1 Å². The van der Waals surface area contributed by atoms with Crippen LogP contribution in [0, 0.1) is 0 Å². The first-order valence-corrected chi connectivity index (χ1v) is 7.66. The van der Waals surface area contributed by atoms with Gasteiger partial charge in [-0.05, 0) is 6.92 Å². The monoisotopic (exact) mass is 321 g/mol. The molecule has 2 rings (SSSR count). The second kappa shape index (κ2) is 10.2. The third-order valence-corrected chi connectivity index (χ3v) is 3.20. The first-order chi connectivity index (χ1) is 9.61. The fourth-order valence-electron chi connectivity index (χ4n) is 1.88. The topological polar surface area (TPSA) is 67.4 Å². The van der Waals surface area contributed by atoms with E-state index in [0.717, 1.165) is 26.3 Å². The Hall–Kier alpha value is -0.540. The van der Waals surface area contributed by atoms with Gasteiger partial charge in [0.15, 0.2) is 0 Å². The van der Waals surface area contributed by atoms with E-state index in [1.165, 1.54) is 0 Å². The van der Waals surface area contributed by atoms with Crippen LogP contribution in [0.1, 0.15) is 6.92 Å². The number of nitrogens with one attached hydrogen (secondary N) is 1. The third-order valence-electron chi connectivity index (χ3n) is 2.96. The largest absolute Gasteiger partial charge is 0.412 e. The van der Waals surface area contributed by atoms with Gasteiger partial charge < -0.3 is 49.9 Å². The SMILES string of the molecule is C1COCC[NH2+]1.CC(NC(=S)[S-])C(=O)N1CCOCC1. The molecule has 0 aromatic carbocycles. The number of amides is 1. The second-order valence-electron chi connectivity index (χ2n) is 4.57. The van der Waals surface area contributed by atoms with Crippen molar-refractivity contribution in [2.45, 2.75) is 13.0 Å². The summed E-state index contributed by atoms with van der Waals surface area (Å²) in [6.07, 6.45) is 0. The number of carbonyl (C=O) groups excluding carboxylic acids is 1. The van der Waals surface area contributed by atoms with Crippen molar-refractivity contribution in [2.24, 2.45) is 0 Å². The van der Waals surface area contributed by atoms with Gasteiger partial charge in [-0.2, -0.15) is 0 Å². The van der Waals surface area contributed by atoms with E-state index in [0.29, 0.717) is 26.3 Å². The van der Waals surface area contributed by atoms with Gasteiger partial charge >= 0.3 is 0 Å². The predicted molar refractivity (Wildman–Crippen MR) is 82.4 cm³/mol. The molecule has 2 aliphatic heterocycles. The van der Waals surface area contributed by atoms with Gasteiger partial charge in [0, 0.05) is 13.1 Å². The summed E-state index contributed by atoms with van der Waals surface area (Å²) in [5, 5.41) is 5.02. The van der Waals surface area contributed by atoms with Crippen molar-refractivity contribution in [1.82, 2.24) is 10.2 Å². The molecule has 116 valence electrons. The molecule has 2 heterocycles. The Bertz CT molecular complexity index is 297. The van der Waals surface area contributed by atoms with Gasteiger partial charge in [-0.15, -0.1) is 0 Å². The van der Waals surface area contributed by atoms with E-state index >= 15 is 0 Å². The molecule has 0 aromatic heterocycles. The molecule has 0 radical (unpaired) electrons. The lowest BCUT2D eigenvalue weighted by atomic mass is 10.3. The number of quaternary nitrogens is 1. The van der Waals surface area contributed by atoms with E-state index in [1.54, 1.807) is 11.8 Å². The Kier molecular flexibility index (Phi) is 8.95. The van der Waals surface area contributed by atoms with Crippen LogP contribution in [0.15, 0.2) is 0 Å². The zero-order valence-corrected chi connectivity index (χ0v) is 13.4. The molecule has 6 nitrogen and oxygen atoms in total. The fourth-order valence-corrected chi connectivity index (χ4v) is 2.23. The Labute approximate surface area is 131 Å². The van der Waals surface area contributed by atoms with Gasteiger partial charge in [0.2, 0.25) is 5.91 Å². The van der Waals surface area contributed by atoms with Gasteiger partial charge in [-0.3, -0.25) is 4.79 Å². The molecule has 1 atom stereocenters. The van der Waals surface area contributed by atoms with Crippen LogP contribution in [-0.4, -0.2) is 73.8 Å². The number of nitrogens with zero attached hydrogens (tertiary/aromatic N) is 1. The molecule has 0 saturated carbocycles. The van der Waals surface area contributed by atoms with E-state index in [-0.39, 0.29) is 16.3 Å². The minimum Gasteiger partial charge on any atom is -0.412 e. The summed E-state index contributed by atoms with van der Waals surface area (Å²) in [5.41, 5.74) is 0. The van der Waals surface area contributed by atoms with Crippen molar-refractivity contribution in [3.05, 3.63) is 0 Å². The van der Waals surface area contributed by atoms with Crippen LogP contribution in [0.3, 0.4) is 0 Å². The van der Waals surface area contributed by atoms with Crippen LogP contribution in [0.2, 0.25) is 0 Å². The number of morpholine rings is 2. The van der Waals surface area contributed by atoms with Crippen molar-refractivity contribution in [3.63, 3.8) is 0 Å². The molecule has 20 heavy (non-hydrogen) atoms. The molecule has 2 saturated heterocycles. The second-order valence-corrected chi connectivity index (χ2v) is 5.64. The molecule has 8 heteroatoms. The lowest BCUT2D eigenvalue weighted by molar-refractivity contribution is -0.670. The maximum Gasteiger partial charge on any atom is 0.244 e. The highest BCUT2D eigenvalue weighted by molar-refractivity contribution is 8.00. The highest BCUT2D eigenvalue weighted by Crippen LogP contribution is 2.00. The van der Waals surface area contributed by atoms with Gasteiger partial charge in [0.1, 0.15) is 6.04 Å². The molecule has 1 unspecified atom stereocenters. The van der Waals surface area contributed by atoms with E-state index in [1.807, 2.05) is 0 Å².